The van der Waals surface area contributed by atoms with Crippen molar-refractivity contribution < 1.29 is 19.1 Å². The van der Waals surface area contributed by atoms with E-state index in [1.54, 1.807) is 4.90 Å². The fraction of sp³-hybridized carbons (Fsp3) is 0.429. The van der Waals surface area contributed by atoms with E-state index in [0.717, 1.165) is 10.2 Å². The van der Waals surface area contributed by atoms with Gasteiger partial charge in [-0.3, -0.25) is 9.59 Å². The molecule has 0 bridgehead atoms. The van der Waals surface area contributed by atoms with Gasteiger partial charge in [-0.25, -0.2) is 0 Å². The van der Waals surface area contributed by atoms with Crippen LogP contribution in [0.1, 0.15) is 26.7 Å². The van der Waals surface area contributed by atoms with Crippen LogP contribution in [0.25, 0.3) is 0 Å². The Hall–Kier alpha value is -1.56. The van der Waals surface area contributed by atoms with Crippen LogP contribution in [0.2, 0.25) is 0 Å². The lowest BCUT2D eigenvalue weighted by Gasteiger charge is -2.43. The van der Waals surface area contributed by atoms with Gasteiger partial charge in [0.25, 0.3) is 0 Å². The van der Waals surface area contributed by atoms with Crippen LogP contribution in [0.3, 0.4) is 0 Å². The highest BCUT2D eigenvalue weighted by Crippen LogP contribution is 2.33. The summed E-state index contributed by atoms with van der Waals surface area (Å²) in [6.07, 6.45) is 0.0165. The fourth-order valence-corrected chi connectivity index (χ4v) is 2.66. The van der Waals surface area contributed by atoms with Crippen molar-refractivity contribution in [3.63, 3.8) is 0 Å². The van der Waals surface area contributed by atoms with Gasteiger partial charge in [0.2, 0.25) is 0 Å². The molecule has 1 heterocycles. The molecule has 0 spiro atoms. The highest BCUT2D eigenvalue weighted by Gasteiger charge is 2.47. The molecule has 0 saturated carbocycles. The molecule has 0 radical (unpaired) electrons. The average molecular weight is 342 g/mol. The van der Waals surface area contributed by atoms with Crippen molar-refractivity contribution in [3.8, 4) is 0 Å². The molecular weight excluding hydrogens is 326 g/mol. The van der Waals surface area contributed by atoms with E-state index in [2.05, 4.69) is 15.9 Å². The zero-order valence-corrected chi connectivity index (χ0v) is 13.0. The molecule has 0 aliphatic carbocycles. The Morgan fingerprint density at radius 3 is 2.40 bits per heavy atom. The number of hydrogen-bond donors (Lipinski definition) is 0. The highest BCUT2D eigenvalue weighted by atomic mass is 79.9. The lowest BCUT2D eigenvalue weighted by atomic mass is 10.2. The summed E-state index contributed by atoms with van der Waals surface area (Å²) in [5.41, 5.74) is 0.811. The van der Waals surface area contributed by atoms with Crippen LogP contribution in [-0.4, -0.2) is 24.4 Å². The van der Waals surface area contributed by atoms with E-state index in [1.165, 1.54) is 0 Å². The Kier molecular flexibility index (Phi) is 4.32. The van der Waals surface area contributed by atoms with Gasteiger partial charge in [0.1, 0.15) is 6.42 Å². The van der Waals surface area contributed by atoms with Crippen molar-refractivity contribution in [2.45, 2.75) is 32.6 Å². The lowest BCUT2D eigenvalue weighted by Crippen LogP contribution is -2.57. The average Bonchev–Trinajstić information content (AvgIpc) is 2.38. The second kappa shape index (κ2) is 5.83. The number of carbonyl (C=O) groups excluding carboxylic acids is 2. The predicted molar refractivity (Wildman–Crippen MR) is 77.0 cm³/mol. The van der Waals surface area contributed by atoms with Gasteiger partial charge in [0, 0.05) is 23.1 Å². The zero-order chi connectivity index (χ0) is 14.8. The number of nitrogens with zero attached hydrogens (tertiary/aromatic N) is 1. The first-order chi connectivity index (χ1) is 9.50. The van der Waals surface area contributed by atoms with Crippen LogP contribution >= 0.6 is 15.9 Å². The SMILES string of the molecule is CCN(c1cccc(Br)c1)C1(CC)OC(=O)CC(=O)O1. The van der Waals surface area contributed by atoms with E-state index >= 15 is 0 Å². The third-order valence-corrected chi connectivity index (χ3v) is 3.62. The first-order valence-electron chi connectivity index (χ1n) is 6.47. The number of hydrogen-bond acceptors (Lipinski definition) is 5. The van der Waals surface area contributed by atoms with Crippen LogP contribution in [-0.2, 0) is 19.1 Å². The smallest absolute Gasteiger partial charge is 0.342 e. The maximum Gasteiger partial charge on any atom is 0.342 e. The lowest BCUT2D eigenvalue weighted by molar-refractivity contribution is -0.244. The molecule has 1 aliphatic rings. The minimum absolute atomic E-state index is 0.336. The van der Waals surface area contributed by atoms with Crippen molar-refractivity contribution >= 4 is 33.6 Å². The first-order valence-corrected chi connectivity index (χ1v) is 7.27. The van der Waals surface area contributed by atoms with Gasteiger partial charge in [0.05, 0.1) is 0 Å². The topological polar surface area (TPSA) is 55.8 Å². The van der Waals surface area contributed by atoms with E-state index in [9.17, 15) is 9.59 Å². The number of ether oxygens (including phenoxy) is 2. The van der Waals surface area contributed by atoms with E-state index < -0.39 is 17.8 Å². The predicted octanol–water partition coefficient (Wildman–Crippen LogP) is 2.83. The maximum absolute atomic E-state index is 11.6. The molecule has 1 fully saturated rings. The monoisotopic (exact) mass is 341 g/mol. The molecule has 20 heavy (non-hydrogen) atoms. The standard InChI is InChI=1S/C14H16BrNO4/c1-3-14(19-12(17)9-13(18)20-14)16(4-2)11-7-5-6-10(15)8-11/h5-8H,3-4,9H2,1-2H3. The van der Waals surface area contributed by atoms with Gasteiger partial charge >= 0.3 is 17.8 Å². The third kappa shape index (κ3) is 2.80. The molecule has 5 nitrogen and oxygen atoms in total. The molecule has 0 atom stereocenters. The summed E-state index contributed by atoms with van der Waals surface area (Å²) in [5.74, 6) is -2.48. The molecule has 6 heteroatoms. The Labute approximate surface area is 126 Å². The summed E-state index contributed by atoms with van der Waals surface area (Å²) in [5, 5.41) is 0. The number of esters is 2. The molecule has 1 aliphatic heterocycles. The molecule has 108 valence electrons. The van der Waals surface area contributed by atoms with Crippen LogP contribution in [0.15, 0.2) is 28.7 Å². The molecule has 0 aromatic heterocycles. The zero-order valence-electron chi connectivity index (χ0n) is 11.4. The summed E-state index contributed by atoms with van der Waals surface area (Å²) < 4.78 is 11.6. The number of halogens is 1. The van der Waals surface area contributed by atoms with Gasteiger partial charge in [-0.2, -0.15) is 0 Å². The Morgan fingerprint density at radius 2 is 1.90 bits per heavy atom. The van der Waals surface area contributed by atoms with Gasteiger partial charge < -0.3 is 14.4 Å². The first kappa shape index (κ1) is 14.8. The van der Waals surface area contributed by atoms with Crippen LogP contribution in [0, 0.1) is 0 Å². The highest BCUT2D eigenvalue weighted by molar-refractivity contribution is 9.10. The number of cyclic esters (lactones) is 2. The van der Waals surface area contributed by atoms with Crippen molar-refractivity contribution in [1.29, 1.82) is 0 Å². The van der Waals surface area contributed by atoms with Gasteiger partial charge in [-0.15, -0.1) is 0 Å². The second-order valence-corrected chi connectivity index (χ2v) is 5.33. The largest absolute Gasteiger partial charge is 0.403 e. The normalized spacial score (nSPS) is 17.4. The van der Waals surface area contributed by atoms with E-state index in [4.69, 9.17) is 9.47 Å². The molecule has 2 rings (SSSR count). The van der Waals surface area contributed by atoms with Gasteiger partial charge in [-0.05, 0) is 25.1 Å². The summed E-state index contributed by atoms with van der Waals surface area (Å²) in [4.78, 5) is 25.0. The van der Waals surface area contributed by atoms with Crippen molar-refractivity contribution in [3.05, 3.63) is 28.7 Å². The minimum Gasteiger partial charge on any atom is -0.403 e. The van der Waals surface area contributed by atoms with Crippen LogP contribution in [0.4, 0.5) is 5.69 Å². The Balaban J connectivity index is 2.41. The molecule has 1 saturated heterocycles. The third-order valence-electron chi connectivity index (χ3n) is 3.13. The van der Waals surface area contributed by atoms with E-state index in [1.807, 2.05) is 38.1 Å². The summed E-state index contributed by atoms with van der Waals surface area (Å²) in [7, 11) is 0. The molecule has 0 amide bonds. The van der Waals surface area contributed by atoms with Crippen LogP contribution in [0.5, 0.6) is 0 Å². The number of carbonyl (C=O) groups is 2. The Morgan fingerprint density at radius 1 is 1.25 bits per heavy atom. The quantitative estimate of drug-likeness (QED) is 0.622. The molecular formula is C14H16BrNO4. The van der Waals surface area contributed by atoms with Gasteiger partial charge in [0.15, 0.2) is 0 Å². The van der Waals surface area contributed by atoms with E-state index in [0.29, 0.717) is 13.0 Å². The number of benzene rings is 1. The fourth-order valence-electron chi connectivity index (χ4n) is 2.28. The molecule has 0 N–H and O–H groups in total. The summed E-state index contributed by atoms with van der Waals surface area (Å²) in [6, 6.07) is 7.53. The second-order valence-electron chi connectivity index (χ2n) is 4.42. The molecule has 1 aromatic carbocycles. The summed E-state index contributed by atoms with van der Waals surface area (Å²) in [6.45, 7) is 4.26. The summed E-state index contributed by atoms with van der Waals surface area (Å²) >= 11 is 3.40. The number of rotatable bonds is 4. The van der Waals surface area contributed by atoms with Crippen LogP contribution < -0.4 is 4.90 Å². The molecule has 1 aromatic rings. The van der Waals surface area contributed by atoms with E-state index in [-0.39, 0.29) is 6.42 Å². The van der Waals surface area contributed by atoms with Crippen molar-refractivity contribution in [2.75, 3.05) is 11.4 Å². The van der Waals surface area contributed by atoms with Crippen molar-refractivity contribution in [2.24, 2.45) is 0 Å². The minimum atomic E-state index is -1.36. The Bertz CT molecular complexity index is 516. The van der Waals surface area contributed by atoms with Crippen molar-refractivity contribution in [1.82, 2.24) is 0 Å². The van der Waals surface area contributed by atoms with Gasteiger partial charge in [-0.1, -0.05) is 28.9 Å². The molecule has 0 unspecified atom stereocenters. The maximum atomic E-state index is 11.6. The number of anilines is 1.